The molecule has 1 aromatic rings. The Bertz CT molecular complexity index is 432. The van der Waals surface area contributed by atoms with Crippen molar-refractivity contribution in [3.05, 3.63) is 34.9 Å². The quantitative estimate of drug-likeness (QED) is 0.628. The summed E-state index contributed by atoms with van der Waals surface area (Å²) in [5.41, 5.74) is 3.96. The van der Waals surface area contributed by atoms with Gasteiger partial charge in [0.05, 0.1) is 12.2 Å². The molecule has 0 radical (unpaired) electrons. The number of hydrogen-bond donors (Lipinski definition) is 3. The summed E-state index contributed by atoms with van der Waals surface area (Å²) < 4.78 is 0. The standard InChI is InChI=1S/C14H19NO2/c1-8-2-3-9-7-15-12-6-14(17)13(16)5-11(12)10(9)4-8/h2-4,11-17H,5-7H2,1H3/t11-,12-,13+,14-/m0/s1. The molecule has 3 rings (SSSR count). The SMILES string of the molecule is Cc1ccc2c(c1)[C@@H]1C[C@@H](O)[C@@H](O)C[C@@H]1NC2. The largest absolute Gasteiger partial charge is 0.390 e. The highest BCUT2D eigenvalue weighted by molar-refractivity contribution is 5.37. The Balaban J connectivity index is 1.96. The summed E-state index contributed by atoms with van der Waals surface area (Å²) >= 11 is 0. The number of hydrogen-bond acceptors (Lipinski definition) is 3. The van der Waals surface area contributed by atoms with Crippen molar-refractivity contribution in [3.8, 4) is 0 Å². The Labute approximate surface area is 101 Å². The van der Waals surface area contributed by atoms with Gasteiger partial charge in [-0.25, -0.2) is 0 Å². The van der Waals surface area contributed by atoms with Gasteiger partial charge in [-0.2, -0.15) is 0 Å². The van der Waals surface area contributed by atoms with Gasteiger partial charge in [-0.3, -0.25) is 0 Å². The third-order valence-corrected chi connectivity index (χ3v) is 4.18. The van der Waals surface area contributed by atoms with Gasteiger partial charge in [0.15, 0.2) is 0 Å². The van der Waals surface area contributed by atoms with Crippen LogP contribution < -0.4 is 5.32 Å². The lowest BCUT2D eigenvalue weighted by molar-refractivity contribution is -0.0273. The van der Waals surface area contributed by atoms with Crippen molar-refractivity contribution < 1.29 is 10.2 Å². The zero-order valence-corrected chi connectivity index (χ0v) is 10.1. The van der Waals surface area contributed by atoms with Crippen LogP contribution in [0.2, 0.25) is 0 Å². The van der Waals surface area contributed by atoms with E-state index in [0.717, 1.165) is 6.54 Å². The Morgan fingerprint density at radius 3 is 2.76 bits per heavy atom. The van der Waals surface area contributed by atoms with Crippen molar-refractivity contribution in [1.82, 2.24) is 5.32 Å². The summed E-state index contributed by atoms with van der Waals surface area (Å²) in [6.45, 7) is 2.98. The number of rotatable bonds is 0. The second-order valence-electron chi connectivity index (χ2n) is 5.40. The van der Waals surface area contributed by atoms with Gasteiger partial charge in [0.1, 0.15) is 0 Å². The smallest absolute Gasteiger partial charge is 0.0814 e. The predicted molar refractivity (Wildman–Crippen MR) is 65.8 cm³/mol. The maximum atomic E-state index is 9.83. The molecule has 0 aromatic heterocycles. The van der Waals surface area contributed by atoms with Gasteiger partial charge in [-0.15, -0.1) is 0 Å². The van der Waals surface area contributed by atoms with Crippen molar-refractivity contribution in [1.29, 1.82) is 0 Å². The number of aliphatic hydroxyl groups excluding tert-OH is 2. The lowest BCUT2D eigenvalue weighted by Crippen LogP contribution is -2.49. The molecule has 3 N–H and O–H groups in total. The molecule has 0 amide bonds. The highest BCUT2D eigenvalue weighted by atomic mass is 16.3. The Hall–Kier alpha value is -0.900. The lowest BCUT2D eigenvalue weighted by atomic mass is 9.73. The molecule has 0 bridgehead atoms. The molecule has 0 unspecified atom stereocenters. The second kappa shape index (κ2) is 4.09. The average Bonchev–Trinajstić information content (AvgIpc) is 2.31. The Morgan fingerprint density at radius 1 is 1.18 bits per heavy atom. The first-order valence-corrected chi connectivity index (χ1v) is 6.34. The number of fused-ring (bicyclic) bond motifs is 3. The van der Waals surface area contributed by atoms with Gasteiger partial charge in [-0.05, 0) is 30.9 Å². The second-order valence-corrected chi connectivity index (χ2v) is 5.40. The third kappa shape index (κ3) is 1.88. The predicted octanol–water partition coefficient (Wildman–Crippen LogP) is 1.07. The molecule has 3 heteroatoms. The molecule has 1 saturated carbocycles. The normalized spacial score (nSPS) is 36.2. The number of aryl methyl sites for hydroxylation is 1. The van der Waals surface area contributed by atoms with Gasteiger partial charge in [-0.1, -0.05) is 23.8 Å². The van der Waals surface area contributed by atoms with Gasteiger partial charge in [0.2, 0.25) is 0 Å². The minimum atomic E-state index is -0.579. The van der Waals surface area contributed by atoms with Crippen LogP contribution in [-0.4, -0.2) is 28.5 Å². The van der Waals surface area contributed by atoms with Crippen molar-refractivity contribution in [2.45, 2.75) is 50.5 Å². The zero-order chi connectivity index (χ0) is 12.0. The number of aliphatic hydroxyl groups is 2. The molecular weight excluding hydrogens is 214 g/mol. The van der Waals surface area contributed by atoms with Gasteiger partial charge >= 0.3 is 0 Å². The molecular formula is C14H19NO2. The monoisotopic (exact) mass is 233 g/mol. The first-order valence-electron chi connectivity index (χ1n) is 6.34. The van der Waals surface area contributed by atoms with E-state index in [4.69, 9.17) is 0 Å². The topological polar surface area (TPSA) is 52.5 Å². The van der Waals surface area contributed by atoms with E-state index in [-0.39, 0.29) is 0 Å². The van der Waals surface area contributed by atoms with Gasteiger partial charge in [0.25, 0.3) is 0 Å². The highest BCUT2D eigenvalue weighted by Gasteiger charge is 2.38. The maximum absolute atomic E-state index is 9.83. The fraction of sp³-hybridized carbons (Fsp3) is 0.571. The molecule has 2 aliphatic rings. The minimum absolute atomic E-state index is 0.308. The van der Waals surface area contributed by atoms with E-state index in [2.05, 4.69) is 30.4 Å². The molecule has 1 aromatic carbocycles. The van der Waals surface area contributed by atoms with E-state index in [0.29, 0.717) is 24.8 Å². The van der Waals surface area contributed by atoms with Crippen LogP contribution in [0, 0.1) is 6.92 Å². The Morgan fingerprint density at radius 2 is 1.94 bits per heavy atom. The summed E-state index contributed by atoms with van der Waals surface area (Å²) in [6, 6.07) is 6.85. The van der Waals surface area contributed by atoms with Crippen LogP contribution in [0.25, 0.3) is 0 Å². The molecule has 0 saturated heterocycles. The van der Waals surface area contributed by atoms with Gasteiger partial charge < -0.3 is 15.5 Å². The molecule has 1 heterocycles. The summed E-state index contributed by atoms with van der Waals surface area (Å²) in [5, 5.41) is 23.0. The van der Waals surface area contributed by atoms with Crippen LogP contribution >= 0.6 is 0 Å². The van der Waals surface area contributed by atoms with Gasteiger partial charge in [0, 0.05) is 18.5 Å². The van der Waals surface area contributed by atoms with Crippen LogP contribution in [0.5, 0.6) is 0 Å². The van der Waals surface area contributed by atoms with E-state index < -0.39 is 12.2 Å². The molecule has 0 spiro atoms. The van der Waals surface area contributed by atoms with Crippen LogP contribution in [0.15, 0.2) is 18.2 Å². The zero-order valence-electron chi connectivity index (χ0n) is 10.1. The lowest BCUT2D eigenvalue weighted by Gasteiger charge is -2.42. The molecule has 3 nitrogen and oxygen atoms in total. The number of nitrogens with one attached hydrogen (secondary N) is 1. The van der Waals surface area contributed by atoms with Crippen LogP contribution in [0.4, 0.5) is 0 Å². The average molecular weight is 233 g/mol. The van der Waals surface area contributed by atoms with Crippen LogP contribution in [0.1, 0.15) is 35.4 Å². The highest BCUT2D eigenvalue weighted by Crippen LogP contribution is 2.38. The van der Waals surface area contributed by atoms with E-state index >= 15 is 0 Å². The molecule has 92 valence electrons. The van der Waals surface area contributed by atoms with E-state index in [1.54, 1.807) is 0 Å². The first-order chi connectivity index (χ1) is 8.15. The number of benzene rings is 1. The molecule has 1 aliphatic carbocycles. The summed E-state index contributed by atoms with van der Waals surface area (Å²) in [4.78, 5) is 0. The molecule has 1 fully saturated rings. The van der Waals surface area contributed by atoms with E-state index in [1.165, 1.54) is 16.7 Å². The van der Waals surface area contributed by atoms with E-state index in [1.807, 2.05) is 0 Å². The molecule has 4 atom stereocenters. The maximum Gasteiger partial charge on any atom is 0.0814 e. The third-order valence-electron chi connectivity index (χ3n) is 4.18. The summed E-state index contributed by atoms with van der Waals surface area (Å²) in [6.07, 6.45) is 0.161. The van der Waals surface area contributed by atoms with Crippen LogP contribution in [0.3, 0.4) is 0 Å². The van der Waals surface area contributed by atoms with Crippen molar-refractivity contribution in [3.63, 3.8) is 0 Å². The first kappa shape index (κ1) is 11.2. The molecule has 1 aliphatic heterocycles. The fourth-order valence-corrected chi connectivity index (χ4v) is 3.19. The minimum Gasteiger partial charge on any atom is -0.390 e. The van der Waals surface area contributed by atoms with Crippen molar-refractivity contribution in [2.75, 3.05) is 0 Å². The summed E-state index contributed by atoms with van der Waals surface area (Å²) in [7, 11) is 0. The molecule has 17 heavy (non-hydrogen) atoms. The van der Waals surface area contributed by atoms with Crippen LogP contribution in [-0.2, 0) is 6.54 Å². The fourth-order valence-electron chi connectivity index (χ4n) is 3.19. The van der Waals surface area contributed by atoms with Crippen molar-refractivity contribution >= 4 is 0 Å². The van der Waals surface area contributed by atoms with Crippen molar-refractivity contribution in [2.24, 2.45) is 0 Å². The van der Waals surface area contributed by atoms with E-state index in [9.17, 15) is 10.2 Å². The Kier molecular flexibility index (Phi) is 2.69. The summed E-state index contributed by atoms with van der Waals surface area (Å²) in [5.74, 6) is 0.344.